The Hall–Kier alpha value is -2.56. The predicted octanol–water partition coefficient (Wildman–Crippen LogP) is 2.34. The molecule has 21 heavy (non-hydrogen) atoms. The lowest BCUT2D eigenvalue weighted by Gasteiger charge is -2.17. The van der Waals surface area contributed by atoms with Crippen molar-refractivity contribution in [3.05, 3.63) is 53.3 Å². The monoisotopic (exact) mass is 285 g/mol. The second kappa shape index (κ2) is 6.26. The Labute approximate surface area is 124 Å². The van der Waals surface area contributed by atoms with E-state index < -0.39 is 0 Å². The molecule has 0 aliphatic carbocycles. The molecule has 0 saturated carbocycles. The average Bonchev–Trinajstić information content (AvgIpc) is 2.96. The maximum absolute atomic E-state index is 12.1. The molecular formula is C16H19N3O2. The molecule has 0 atom stereocenters. The number of rotatable bonds is 4. The molecule has 0 fully saturated rings. The molecule has 2 amide bonds. The fraction of sp³-hybridized carbons (Fsp3) is 0.250. The molecule has 2 rings (SSSR count). The van der Waals surface area contributed by atoms with Gasteiger partial charge < -0.3 is 15.2 Å². The molecule has 5 nitrogen and oxygen atoms in total. The van der Waals surface area contributed by atoms with Gasteiger partial charge in [-0.3, -0.25) is 9.59 Å². The maximum atomic E-state index is 12.1. The zero-order chi connectivity index (χ0) is 15.4. The molecule has 2 N–H and O–H groups in total. The maximum Gasteiger partial charge on any atom is 0.270 e. The lowest BCUT2D eigenvalue weighted by Crippen LogP contribution is -2.35. The predicted molar refractivity (Wildman–Crippen MR) is 82.3 cm³/mol. The Morgan fingerprint density at radius 3 is 2.38 bits per heavy atom. The fourth-order valence-electron chi connectivity index (χ4n) is 2.15. The van der Waals surface area contributed by atoms with Crippen LogP contribution < -0.4 is 5.32 Å². The van der Waals surface area contributed by atoms with Crippen molar-refractivity contribution in [2.24, 2.45) is 0 Å². The Morgan fingerprint density at radius 2 is 1.81 bits per heavy atom. The number of carbonyl (C=O) groups excluding carboxylic acids is 2. The Morgan fingerprint density at radius 1 is 1.14 bits per heavy atom. The van der Waals surface area contributed by atoms with Gasteiger partial charge in [0, 0.05) is 18.9 Å². The number of hydrogen-bond donors (Lipinski definition) is 2. The van der Waals surface area contributed by atoms with Gasteiger partial charge in [0.2, 0.25) is 5.91 Å². The highest BCUT2D eigenvalue weighted by atomic mass is 16.2. The number of nitrogens with one attached hydrogen (secondary N) is 2. The summed E-state index contributed by atoms with van der Waals surface area (Å²) in [5.74, 6) is -0.425. The van der Waals surface area contributed by atoms with Crippen molar-refractivity contribution in [3.63, 3.8) is 0 Å². The zero-order valence-electron chi connectivity index (χ0n) is 12.4. The number of aromatic nitrogens is 1. The first-order valence-corrected chi connectivity index (χ1v) is 6.74. The number of nitrogens with zero attached hydrogens (tertiary/aromatic N) is 1. The highest BCUT2D eigenvalue weighted by Gasteiger charge is 2.16. The molecular weight excluding hydrogens is 266 g/mol. The third kappa shape index (κ3) is 3.51. The van der Waals surface area contributed by atoms with E-state index in [1.165, 1.54) is 4.90 Å². The third-order valence-corrected chi connectivity index (χ3v) is 3.30. The molecule has 0 radical (unpaired) electrons. The van der Waals surface area contributed by atoms with Crippen LogP contribution in [0.25, 0.3) is 0 Å². The lowest BCUT2D eigenvalue weighted by atomic mass is 10.1. The van der Waals surface area contributed by atoms with Crippen molar-refractivity contribution in [2.45, 2.75) is 13.8 Å². The Bertz CT molecular complexity index is 627. The molecule has 0 unspecified atom stereocenters. The van der Waals surface area contributed by atoms with Crippen LogP contribution >= 0.6 is 0 Å². The minimum Gasteiger partial charge on any atom is -0.357 e. The summed E-state index contributed by atoms with van der Waals surface area (Å²) in [6, 6.07) is 9.26. The van der Waals surface area contributed by atoms with E-state index in [1.807, 2.05) is 32.0 Å². The van der Waals surface area contributed by atoms with Crippen LogP contribution in [0.2, 0.25) is 0 Å². The standard InChI is InChI=1S/C16H19N3O2/c1-11-6-4-7-12(2)15(11)18-14(20)10-19(3)16(21)13-8-5-9-17-13/h4-9,17H,10H2,1-3H3,(H,18,20). The first kappa shape index (κ1) is 14.8. The minimum absolute atomic E-state index is 0.00558. The van der Waals surface area contributed by atoms with Gasteiger partial charge in [-0.1, -0.05) is 18.2 Å². The first-order valence-electron chi connectivity index (χ1n) is 6.74. The zero-order valence-corrected chi connectivity index (χ0v) is 12.4. The van der Waals surface area contributed by atoms with E-state index in [0.717, 1.165) is 16.8 Å². The molecule has 0 aliphatic heterocycles. The summed E-state index contributed by atoms with van der Waals surface area (Å²) in [6.07, 6.45) is 1.68. The van der Waals surface area contributed by atoms with Crippen LogP contribution in [0.1, 0.15) is 21.6 Å². The van der Waals surface area contributed by atoms with Crippen LogP contribution in [0.5, 0.6) is 0 Å². The van der Waals surface area contributed by atoms with E-state index in [9.17, 15) is 9.59 Å². The minimum atomic E-state index is -0.213. The van der Waals surface area contributed by atoms with E-state index in [-0.39, 0.29) is 18.4 Å². The second-order valence-electron chi connectivity index (χ2n) is 5.06. The quantitative estimate of drug-likeness (QED) is 0.905. The Balaban J connectivity index is 2.00. The number of benzene rings is 1. The SMILES string of the molecule is Cc1cccc(C)c1NC(=O)CN(C)C(=O)c1ccc[nH]1. The number of para-hydroxylation sites is 1. The topological polar surface area (TPSA) is 65.2 Å². The third-order valence-electron chi connectivity index (χ3n) is 3.30. The van der Waals surface area contributed by atoms with Gasteiger partial charge >= 0.3 is 0 Å². The number of anilines is 1. The van der Waals surface area contributed by atoms with Gasteiger partial charge in [-0.05, 0) is 37.1 Å². The van der Waals surface area contributed by atoms with Gasteiger partial charge in [-0.2, -0.15) is 0 Å². The summed E-state index contributed by atoms with van der Waals surface area (Å²) < 4.78 is 0. The molecule has 110 valence electrons. The first-order chi connectivity index (χ1) is 9.99. The largest absolute Gasteiger partial charge is 0.357 e. The van der Waals surface area contributed by atoms with E-state index in [4.69, 9.17) is 0 Å². The van der Waals surface area contributed by atoms with Crippen LogP contribution in [-0.4, -0.2) is 35.3 Å². The molecule has 0 saturated heterocycles. The van der Waals surface area contributed by atoms with Crippen LogP contribution in [0.15, 0.2) is 36.5 Å². The number of hydrogen-bond acceptors (Lipinski definition) is 2. The molecule has 5 heteroatoms. The summed E-state index contributed by atoms with van der Waals surface area (Å²) in [5, 5.41) is 2.87. The van der Waals surface area contributed by atoms with Crippen molar-refractivity contribution in [1.82, 2.24) is 9.88 Å². The second-order valence-corrected chi connectivity index (χ2v) is 5.06. The normalized spacial score (nSPS) is 10.2. The lowest BCUT2D eigenvalue weighted by molar-refractivity contribution is -0.116. The van der Waals surface area contributed by atoms with Gasteiger partial charge in [-0.25, -0.2) is 0 Å². The number of carbonyl (C=O) groups is 2. The average molecular weight is 285 g/mol. The van der Waals surface area contributed by atoms with Crippen molar-refractivity contribution in [1.29, 1.82) is 0 Å². The number of likely N-dealkylation sites (N-methyl/N-ethyl adjacent to an activating group) is 1. The Kier molecular flexibility index (Phi) is 4.42. The van der Waals surface area contributed by atoms with Crippen molar-refractivity contribution >= 4 is 17.5 Å². The van der Waals surface area contributed by atoms with Gasteiger partial charge in [0.1, 0.15) is 5.69 Å². The summed E-state index contributed by atoms with van der Waals surface area (Å²) in [6.45, 7) is 3.89. The molecule has 0 aliphatic rings. The van der Waals surface area contributed by atoms with Crippen LogP contribution in [0.3, 0.4) is 0 Å². The van der Waals surface area contributed by atoms with E-state index in [2.05, 4.69) is 10.3 Å². The summed E-state index contributed by atoms with van der Waals surface area (Å²) >= 11 is 0. The van der Waals surface area contributed by atoms with Gasteiger partial charge in [0.15, 0.2) is 0 Å². The number of amides is 2. The van der Waals surface area contributed by atoms with Crippen molar-refractivity contribution in [3.8, 4) is 0 Å². The van der Waals surface area contributed by atoms with Crippen LogP contribution in [0.4, 0.5) is 5.69 Å². The van der Waals surface area contributed by atoms with E-state index in [0.29, 0.717) is 5.69 Å². The van der Waals surface area contributed by atoms with Gasteiger partial charge in [-0.15, -0.1) is 0 Å². The highest BCUT2D eigenvalue weighted by molar-refractivity contribution is 5.98. The smallest absolute Gasteiger partial charge is 0.270 e. The molecule has 2 aromatic rings. The van der Waals surface area contributed by atoms with E-state index in [1.54, 1.807) is 25.4 Å². The van der Waals surface area contributed by atoms with Gasteiger partial charge in [0.25, 0.3) is 5.91 Å². The number of H-pyrrole nitrogens is 1. The highest BCUT2D eigenvalue weighted by Crippen LogP contribution is 2.19. The molecule has 1 aromatic carbocycles. The van der Waals surface area contributed by atoms with Gasteiger partial charge in [0.05, 0.1) is 6.54 Å². The summed E-state index contributed by atoms with van der Waals surface area (Å²) in [4.78, 5) is 28.3. The summed E-state index contributed by atoms with van der Waals surface area (Å²) in [5.41, 5.74) is 3.28. The number of aromatic amines is 1. The molecule has 1 heterocycles. The fourth-order valence-corrected chi connectivity index (χ4v) is 2.15. The van der Waals surface area contributed by atoms with Crippen molar-refractivity contribution < 1.29 is 9.59 Å². The van der Waals surface area contributed by atoms with Crippen molar-refractivity contribution in [2.75, 3.05) is 18.9 Å². The summed E-state index contributed by atoms with van der Waals surface area (Å²) in [7, 11) is 1.60. The number of aryl methyl sites for hydroxylation is 2. The molecule has 0 spiro atoms. The van der Waals surface area contributed by atoms with Crippen LogP contribution in [-0.2, 0) is 4.79 Å². The van der Waals surface area contributed by atoms with E-state index >= 15 is 0 Å². The van der Waals surface area contributed by atoms with Crippen LogP contribution in [0, 0.1) is 13.8 Å². The molecule has 0 bridgehead atoms. The molecule has 1 aromatic heterocycles.